The van der Waals surface area contributed by atoms with Gasteiger partial charge in [-0.25, -0.2) is 4.79 Å². The van der Waals surface area contributed by atoms with Crippen molar-refractivity contribution in [3.63, 3.8) is 0 Å². The molecule has 0 bridgehead atoms. The fourth-order valence-corrected chi connectivity index (χ4v) is 14.6. The number of carbonyl (C=O) groups excluding carboxylic acids is 20. The summed E-state index contributed by atoms with van der Waals surface area (Å²) in [5.41, 5.74) is 0. The van der Waals surface area contributed by atoms with Gasteiger partial charge >= 0.3 is 18.1 Å². The maximum atomic E-state index is 14.7. The van der Waals surface area contributed by atoms with Crippen LogP contribution in [0, 0.1) is 53.3 Å². The van der Waals surface area contributed by atoms with Gasteiger partial charge in [0.15, 0.2) is 0 Å². The third-order valence-corrected chi connectivity index (χ3v) is 21.9. The molecule has 0 aromatic rings. The highest BCUT2D eigenvalue weighted by atomic mass is 19.4. The van der Waals surface area contributed by atoms with Crippen molar-refractivity contribution in [1.29, 1.82) is 0 Å². The van der Waals surface area contributed by atoms with Gasteiger partial charge in [0.25, 0.3) is 0 Å². The lowest BCUT2D eigenvalue weighted by molar-refractivity contribution is -0.192. The van der Waals surface area contributed by atoms with Gasteiger partial charge in [-0.15, -0.1) is 0 Å². The van der Waals surface area contributed by atoms with Gasteiger partial charge in [0.2, 0.25) is 112 Å². The van der Waals surface area contributed by atoms with Crippen molar-refractivity contribution in [3.05, 3.63) is 0 Å². The standard InChI is InChI=1S/C88H151N19O22.C2HF3O2/c1-41(2)33-59(77(118)91-52(21)73(114)97-61(35-43(5)6)79(120)100-60(34-42(3)4)78(119)95-56(25)87(128)106-31-27-30-66(106)83(124)105-69(48(15)16)85(126)93-51(20)72(113)96-58(40-108)39-67(110)111)99-80(121)63(37-45(9)10)101-86(127)70(49(17)18)104-76(117)55(24)92-82(123)65-29-28-32-107(65)88(129)64(38-46(11)12)102-81(122)62(36-44(7)8)98-74(115)53(22)94-84(125)68(47(13)14)103-75(116)54(23)90-71(112)50(19)89-57(26)109;3-2(4,5)1(6)7/h40-56,58-66,68-70H,27-39H2,1-26H3,(H,89,109)(H,90,112)(H,91,118)(H,92,123)(H,93,126)(H,94,125)(H,95,119)(H,96,113)(H,97,114)(H,98,115)(H,99,121)(H,100,120)(H,101,127)(H,102,122)(H,103,116)(H,104,117)(H,105,124)(H,110,111);(H,6,7)/t50-,51-,52-,53-,54-,55-,56-,58-,59-,60-,61-,62-,63-,64-,65-,66-,68-,69-,70-;/m0./s1. The van der Waals surface area contributed by atoms with Gasteiger partial charge in [0.05, 0.1) is 12.5 Å². The van der Waals surface area contributed by atoms with E-state index in [-0.39, 0.29) is 106 Å². The Balaban J connectivity index is 0.0000127. The van der Waals surface area contributed by atoms with Crippen LogP contribution in [0.15, 0.2) is 0 Å². The Hall–Kier alpha value is -11.7. The molecular weight excluding hydrogens is 1790 g/mol. The molecule has 19 N–H and O–H groups in total. The highest BCUT2D eigenvalue weighted by molar-refractivity contribution is 6.02. The molecule has 19 amide bonds. The minimum absolute atomic E-state index is 0.0462. The molecule has 43 nitrogen and oxygen atoms in total. The van der Waals surface area contributed by atoms with E-state index in [1.807, 2.05) is 27.7 Å². The second-order valence-corrected chi connectivity index (χ2v) is 38.7. The number of halogens is 3. The highest BCUT2D eigenvalue weighted by Crippen LogP contribution is 2.24. The van der Waals surface area contributed by atoms with Crippen LogP contribution < -0.4 is 90.4 Å². The van der Waals surface area contributed by atoms with E-state index in [1.54, 1.807) is 96.9 Å². The zero-order valence-electron chi connectivity index (χ0n) is 83.3. The van der Waals surface area contributed by atoms with E-state index in [9.17, 15) is 114 Å². The monoisotopic (exact) mass is 1940 g/mol. The fourth-order valence-electron chi connectivity index (χ4n) is 14.6. The fraction of sp³-hybridized carbons (Fsp3) is 0.756. The molecule has 2 rings (SSSR count). The van der Waals surface area contributed by atoms with E-state index < -0.39 is 269 Å². The number of carboxylic acids is 2. The second-order valence-electron chi connectivity index (χ2n) is 38.7. The first-order valence-electron chi connectivity index (χ1n) is 46.5. The van der Waals surface area contributed by atoms with Gasteiger partial charge in [-0.3, -0.25) is 95.9 Å². The molecule has 2 fully saturated rings. The molecule has 0 spiro atoms. The van der Waals surface area contributed by atoms with E-state index in [1.165, 1.54) is 65.2 Å². The van der Waals surface area contributed by atoms with E-state index in [2.05, 4.69) is 90.4 Å². The van der Waals surface area contributed by atoms with Crippen molar-refractivity contribution >= 4 is 130 Å². The van der Waals surface area contributed by atoms with Gasteiger partial charge in [-0.1, -0.05) is 125 Å². The lowest BCUT2D eigenvalue weighted by Gasteiger charge is -2.32. The quantitative estimate of drug-likeness (QED) is 0.0354. The van der Waals surface area contributed by atoms with E-state index >= 15 is 0 Å². The average molecular weight is 1940 g/mol. The number of nitrogens with zero attached hydrogens (tertiary/aromatic N) is 2. The Labute approximate surface area is 794 Å². The first-order chi connectivity index (χ1) is 62.8. The van der Waals surface area contributed by atoms with Gasteiger partial charge in [-0.05, 0) is 166 Å². The summed E-state index contributed by atoms with van der Waals surface area (Å²) in [7, 11) is 0. The minimum atomic E-state index is -5.08. The summed E-state index contributed by atoms with van der Waals surface area (Å²) in [6.07, 6.45) is -3.98. The van der Waals surface area contributed by atoms with Crippen LogP contribution in [-0.4, -0.2) is 285 Å². The second kappa shape index (κ2) is 58.0. The van der Waals surface area contributed by atoms with E-state index in [0.717, 1.165) is 0 Å². The normalized spacial score (nSPS) is 17.5. The zero-order chi connectivity index (χ0) is 105. The van der Waals surface area contributed by atoms with Gasteiger partial charge in [0, 0.05) is 20.0 Å². The third kappa shape index (κ3) is 43.1. The number of hydrogen-bond acceptors (Lipinski definition) is 22. The van der Waals surface area contributed by atoms with Crippen LogP contribution in [0.5, 0.6) is 0 Å². The third-order valence-electron chi connectivity index (χ3n) is 21.9. The molecule has 0 aliphatic carbocycles. The molecule has 2 saturated heterocycles. The van der Waals surface area contributed by atoms with Crippen molar-refractivity contribution in [1.82, 2.24) is 100 Å². The Morgan fingerprint density at radius 2 is 0.537 bits per heavy atom. The molecule has 19 atom stereocenters. The number of nitrogens with one attached hydrogen (secondary N) is 17. The van der Waals surface area contributed by atoms with Crippen LogP contribution in [0.4, 0.5) is 13.2 Å². The Bertz CT molecular complexity index is 4150. The average Bonchev–Trinajstić information content (AvgIpc) is 1.83. The summed E-state index contributed by atoms with van der Waals surface area (Å²) in [6, 6.07) is -23.3. The highest BCUT2D eigenvalue weighted by Gasteiger charge is 2.45. The Kier molecular flexibility index (Phi) is 52.2. The van der Waals surface area contributed by atoms with Crippen LogP contribution in [0.3, 0.4) is 0 Å². The number of alkyl halides is 3. The van der Waals surface area contributed by atoms with Crippen LogP contribution >= 0.6 is 0 Å². The molecule has 0 aromatic carbocycles. The Morgan fingerprint density at radius 3 is 0.853 bits per heavy atom. The molecule has 136 heavy (non-hydrogen) atoms. The first-order valence-corrected chi connectivity index (χ1v) is 46.5. The largest absolute Gasteiger partial charge is 0.490 e. The number of amides is 19. The summed E-state index contributed by atoms with van der Waals surface area (Å²) in [6.45, 7) is 42.6. The zero-order valence-corrected chi connectivity index (χ0v) is 83.3. The predicted molar refractivity (Wildman–Crippen MR) is 491 cm³/mol. The topological polar surface area (TPSA) is 627 Å². The summed E-state index contributed by atoms with van der Waals surface area (Å²) >= 11 is 0. The SMILES string of the molecule is CC(=O)N[C@@H](C)C(=O)N[C@@H](C)C(=O)N[C@H](C(=O)N[C@@H](C)C(=O)N[C@@H](CC(C)C)C(=O)N[C@@H](CC(C)C)C(=O)N1CCC[C@H]1C(=O)N[C@@H](C)C(=O)N[C@H](C(=O)N[C@@H](CC(C)C)C(=O)N[C@@H](CC(C)C)C(=O)N[C@@H](C)C(=O)N[C@@H](CC(C)C)C(=O)N[C@@H](CC(C)C)C(=O)N[C@@H](C)C(=O)N1CCC[C@H]1C(=O)N[C@H](C(=O)N[C@@H](C)C(=O)N[C@H](C=O)CC(=O)O)C(C)C)C(C)C)C(C)C.O=C(O)C(F)(F)F. The maximum absolute atomic E-state index is 14.7. The van der Waals surface area contributed by atoms with Crippen molar-refractivity contribution < 1.29 is 129 Å². The summed E-state index contributed by atoms with van der Waals surface area (Å²) in [5, 5.41) is 60.8. The van der Waals surface area contributed by atoms with Crippen LogP contribution in [-0.2, 0) is 105 Å². The molecule has 2 aliphatic heterocycles. The molecule has 0 aromatic heterocycles. The number of aliphatic carboxylic acids is 2. The number of likely N-dealkylation sites (tertiary alicyclic amines) is 2. The van der Waals surface area contributed by atoms with E-state index in [4.69, 9.17) is 15.0 Å². The smallest absolute Gasteiger partial charge is 0.481 e. The van der Waals surface area contributed by atoms with Gasteiger partial charge < -0.3 is 115 Å². The van der Waals surface area contributed by atoms with Gasteiger partial charge in [-0.2, -0.15) is 13.2 Å². The first kappa shape index (κ1) is 122. The van der Waals surface area contributed by atoms with Crippen LogP contribution in [0.1, 0.15) is 251 Å². The molecule has 0 saturated carbocycles. The molecule has 0 radical (unpaired) electrons. The molecule has 2 heterocycles. The van der Waals surface area contributed by atoms with Crippen molar-refractivity contribution in [2.75, 3.05) is 13.1 Å². The predicted octanol–water partition coefficient (Wildman–Crippen LogP) is -0.0793. The van der Waals surface area contributed by atoms with Crippen molar-refractivity contribution in [3.8, 4) is 0 Å². The molecule has 772 valence electrons. The molecule has 0 unspecified atom stereocenters. The number of rotatable bonds is 53. The minimum Gasteiger partial charge on any atom is -0.481 e. The van der Waals surface area contributed by atoms with Gasteiger partial charge in [0.1, 0.15) is 115 Å². The number of hydrogen-bond donors (Lipinski definition) is 19. The molecule has 2 aliphatic rings. The number of carbonyl (C=O) groups is 22. The molecule has 46 heteroatoms. The lowest BCUT2D eigenvalue weighted by atomic mass is 9.98. The Morgan fingerprint density at radius 1 is 0.301 bits per heavy atom. The summed E-state index contributed by atoms with van der Waals surface area (Å²) in [5.74, 6) is -20.8. The molecular formula is C90H152F3N19O24. The van der Waals surface area contributed by atoms with Crippen molar-refractivity contribution in [2.24, 2.45) is 53.3 Å². The van der Waals surface area contributed by atoms with Crippen molar-refractivity contribution in [2.45, 2.75) is 372 Å². The van der Waals surface area contributed by atoms with Crippen LogP contribution in [0.2, 0.25) is 0 Å². The van der Waals surface area contributed by atoms with E-state index in [0.29, 0.717) is 12.8 Å². The van der Waals surface area contributed by atoms with Crippen LogP contribution in [0.25, 0.3) is 0 Å². The maximum Gasteiger partial charge on any atom is 0.490 e. The summed E-state index contributed by atoms with van der Waals surface area (Å²) < 4.78 is 31.7. The number of carboxylic acid groups (broad SMARTS) is 2. The number of aldehydes is 1. The lowest BCUT2D eigenvalue weighted by Crippen LogP contribution is -2.61. The summed E-state index contributed by atoms with van der Waals surface area (Å²) in [4.78, 5) is 297.